The molecule has 2 heterocycles. The Morgan fingerprint density at radius 1 is 1.21 bits per heavy atom. The van der Waals surface area contributed by atoms with E-state index in [1.807, 2.05) is 12.3 Å². The van der Waals surface area contributed by atoms with Crippen molar-refractivity contribution in [2.45, 2.75) is 12.8 Å². The van der Waals surface area contributed by atoms with Crippen LogP contribution in [0, 0.1) is 0 Å². The van der Waals surface area contributed by atoms with Crippen molar-refractivity contribution in [3.8, 4) is 0 Å². The zero-order valence-corrected chi connectivity index (χ0v) is 7.96. The Kier molecular flexibility index (Phi) is 1.66. The molecule has 1 aromatic carbocycles. The van der Waals surface area contributed by atoms with E-state index in [9.17, 15) is 0 Å². The third kappa shape index (κ3) is 1.07. The molecule has 0 saturated carbocycles. The minimum atomic E-state index is 1.10. The maximum Gasteiger partial charge on any atom is 0.0706 e. The van der Waals surface area contributed by atoms with Gasteiger partial charge in [0, 0.05) is 23.8 Å². The van der Waals surface area contributed by atoms with Gasteiger partial charge in [-0.2, -0.15) is 0 Å². The van der Waals surface area contributed by atoms with E-state index in [2.05, 4.69) is 28.5 Å². The van der Waals surface area contributed by atoms with E-state index in [1.54, 1.807) is 0 Å². The van der Waals surface area contributed by atoms with Gasteiger partial charge in [-0.05, 0) is 36.6 Å². The van der Waals surface area contributed by atoms with Crippen LogP contribution >= 0.6 is 0 Å². The van der Waals surface area contributed by atoms with Crippen LogP contribution < -0.4 is 5.32 Å². The van der Waals surface area contributed by atoms with E-state index >= 15 is 0 Å². The average molecular weight is 184 g/mol. The predicted molar refractivity (Wildman–Crippen MR) is 58.6 cm³/mol. The molecule has 1 aromatic heterocycles. The number of aryl methyl sites for hydroxylation is 1. The zero-order chi connectivity index (χ0) is 9.38. The third-order valence-electron chi connectivity index (χ3n) is 2.82. The summed E-state index contributed by atoms with van der Waals surface area (Å²) < 4.78 is 0. The quantitative estimate of drug-likeness (QED) is 0.680. The lowest BCUT2D eigenvalue weighted by molar-refractivity contribution is 0.836. The number of fused-ring (bicyclic) bond motifs is 3. The topological polar surface area (TPSA) is 24.9 Å². The molecule has 1 N–H and O–H groups in total. The van der Waals surface area contributed by atoms with Crippen molar-refractivity contribution in [2.24, 2.45) is 0 Å². The molecule has 0 unspecified atom stereocenters. The van der Waals surface area contributed by atoms with Crippen LogP contribution in [0.1, 0.15) is 12.0 Å². The molecule has 70 valence electrons. The van der Waals surface area contributed by atoms with Gasteiger partial charge in [0.2, 0.25) is 0 Å². The van der Waals surface area contributed by atoms with Crippen molar-refractivity contribution in [1.29, 1.82) is 0 Å². The number of anilines is 1. The van der Waals surface area contributed by atoms with Crippen LogP contribution in [0.2, 0.25) is 0 Å². The smallest absolute Gasteiger partial charge is 0.0706 e. The van der Waals surface area contributed by atoms with Crippen molar-refractivity contribution in [3.63, 3.8) is 0 Å². The van der Waals surface area contributed by atoms with Gasteiger partial charge in [0.15, 0.2) is 0 Å². The van der Waals surface area contributed by atoms with E-state index in [1.165, 1.54) is 29.5 Å². The lowest BCUT2D eigenvalue weighted by Crippen LogP contribution is -2.11. The zero-order valence-electron chi connectivity index (χ0n) is 7.96. The first-order valence-corrected chi connectivity index (χ1v) is 5.05. The van der Waals surface area contributed by atoms with E-state index in [0.29, 0.717) is 0 Å². The Morgan fingerprint density at radius 3 is 3.21 bits per heavy atom. The maximum atomic E-state index is 4.36. The molecule has 0 atom stereocenters. The van der Waals surface area contributed by atoms with Crippen molar-refractivity contribution < 1.29 is 0 Å². The van der Waals surface area contributed by atoms with Gasteiger partial charge < -0.3 is 5.32 Å². The van der Waals surface area contributed by atoms with Gasteiger partial charge in [-0.25, -0.2) is 0 Å². The number of pyridine rings is 1. The second-order valence-corrected chi connectivity index (χ2v) is 3.69. The monoisotopic (exact) mass is 184 g/mol. The highest BCUT2D eigenvalue weighted by Crippen LogP contribution is 2.28. The summed E-state index contributed by atoms with van der Waals surface area (Å²) >= 11 is 0. The number of nitrogens with zero attached hydrogens (tertiary/aromatic N) is 1. The first-order valence-electron chi connectivity index (χ1n) is 5.05. The van der Waals surface area contributed by atoms with Crippen LogP contribution in [-0.4, -0.2) is 11.5 Å². The Morgan fingerprint density at radius 2 is 2.21 bits per heavy atom. The van der Waals surface area contributed by atoms with Gasteiger partial charge >= 0.3 is 0 Å². The summed E-state index contributed by atoms with van der Waals surface area (Å²) in [7, 11) is 0. The Balaban J connectivity index is 2.34. The lowest BCUT2D eigenvalue weighted by Gasteiger charge is -2.19. The molecule has 0 fully saturated rings. The SMILES string of the molecule is c1cnc2ccc3c(c2c1)CCCN3. The molecule has 2 nitrogen and oxygen atoms in total. The largest absolute Gasteiger partial charge is 0.385 e. The molecule has 14 heavy (non-hydrogen) atoms. The summed E-state index contributed by atoms with van der Waals surface area (Å²) in [6.07, 6.45) is 4.25. The minimum Gasteiger partial charge on any atom is -0.385 e. The number of aromatic nitrogens is 1. The highest BCUT2D eigenvalue weighted by molar-refractivity contribution is 5.87. The van der Waals surface area contributed by atoms with Crippen molar-refractivity contribution in [1.82, 2.24) is 4.98 Å². The molecule has 0 radical (unpaired) electrons. The summed E-state index contributed by atoms with van der Waals surface area (Å²) in [4.78, 5) is 4.36. The molecular formula is C12H12N2. The molecule has 0 aliphatic carbocycles. The van der Waals surface area contributed by atoms with E-state index in [0.717, 1.165) is 12.1 Å². The molecule has 0 bridgehead atoms. The van der Waals surface area contributed by atoms with Gasteiger partial charge in [0.25, 0.3) is 0 Å². The Bertz CT molecular complexity index is 477. The number of nitrogens with one attached hydrogen (secondary N) is 1. The van der Waals surface area contributed by atoms with Crippen LogP contribution in [0.15, 0.2) is 30.5 Å². The van der Waals surface area contributed by atoms with Crippen molar-refractivity contribution in [2.75, 3.05) is 11.9 Å². The van der Waals surface area contributed by atoms with Gasteiger partial charge in [0.1, 0.15) is 0 Å². The Hall–Kier alpha value is -1.57. The summed E-state index contributed by atoms with van der Waals surface area (Å²) in [6.45, 7) is 1.10. The van der Waals surface area contributed by atoms with Gasteiger partial charge in [-0.15, -0.1) is 0 Å². The van der Waals surface area contributed by atoms with E-state index < -0.39 is 0 Å². The summed E-state index contributed by atoms with van der Waals surface area (Å²) in [5.74, 6) is 0. The fourth-order valence-corrected chi connectivity index (χ4v) is 2.14. The fraction of sp³-hybridized carbons (Fsp3) is 0.250. The van der Waals surface area contributed by atoms with E-state index in [4.69, 9.17) is 0 Å². The number of benzene rings is 1. The van der Waals surface area contributed by atoms with Crippen LogP contribution in [0.25, 0.3) is 10.9 Å². The summed E-state index contributed by atoms with van der Waals surface area (Å²) in [5, 5.41) is 4.73. The number of rotatable bonds is 0. The number of hydrogen-bond acceptors (Lipinski definition) is 2. The first kappa shape index (κ1) is 7.80. The normalized spacial score (nSPS) is 14.9. The van der Waals surface area contributed by atoms with Gasteiger partial charge in [0.05, 0.1) is 5.52 Å². The van der Waals surface area contributed by atoms with Crippen LogP contribution in [0.4, 0.5) is 5.69 Å². The van der Waals surface area contributed by atoms with Crippen molar-refractivity contribution >= 4 is 16.6 Å². The van der Waals surface area contributed by atoms with Crippen molar-refractivity contribution in [3.05, 3.63) is 36.0 Å². The molecule has 1 aliphatic heterocycles. The molecule has 0 spiro atoms. The second-order valence-electron chi connectivity index (χ2n) is 3.69. The molecule has 0 amide bonds. The third-order valence-corrected chi connectivity index (χ3v) is 2.82. The standard InChI is InChI=1S/C12H12N2/c1-3-9-10-4-2-8-14-12(10)6-5-11(9)13-7-1/h1,3,5-7,14H,2,4,8H2. The Labute approximate surface area is 83.0 Å². The molecule has 3 rings (SSSR count). The van der Waals surface area contributed by atoms with Crippen LogP contribution in [0.3, 0.4) is 0 Å². The predicted octanol–water partition coefficient (Wildman–Crippen LogP) is 2.59. The second kappa shape index (κ2) is 2.98. The van der Waals surface area contributed by atoms with Crippen LogP contribution in [0.5, 0.6) is 0 Å². The summed E-state index contributed by atoms with van der Waals surface area (Å²) in [6, 6.07) is 8.40. The molecular weight excluding hydrogens is 172 g/mol. The average Bonchev–Trinajstić information content (AvgIpc) is 2.29. The number of hydrogen-bond donors (Lipinski definition) is 1. The molecule has 1 aliphatic rings. The lowest BCUT2D eigenvalue weighted by atomic mass is 9.99. The highest BCUT2D eigenvalue weighted by Gasteiger charge is 2.11. The molecule has 2 aromatic rings. The van der Waals surface area contributed by atoms with Gasteiger partial charge in [-0.3, -0.25) is 4.98 Å². The fourth-order valence-electron chi connectivity index (χ4n) is 2.14. The molecule has 2 heteroatoms. The minimum absolute atomic E-state index is 1.10. The molecule has 0 saturated heterocycles. The van der Waals surface area contributed by atoms with E-state index in [-0.39, 0.29) is 0 Å². The first-order chi connectivity index (χ1) is 6.95. The van der Waals surface area contributed by atoms with Crippen LogP contribution in [-0.2, 0) is 6.42 Å². The highest BCUT2D eigenvalue weighted by atomic mass is 14.9. The maximum absolute atomic E-state index is 4.36. The van der Waals surface area contributed by atoms with Gasteiger partial charge in [-0.1, -0.05) is 6.07 Å². The summed E-state index contributed by atoms with van der Waals surface area (Å²) in [5.41, 5.74) is 3.83.